The third-order valence-corrected chi connectivity index (χ3v) is 3.22. The number of carbonyl (C=O) groups is 2. The van der Waals surface area contributed by atoms with Crippen LogP contribution in [0.3, 0.4) is 0 Å². The van der Waals surface area contributed by atoms with Crippen molar-refractivity contribution in [3.63, 3.8) is 0 Å². The molecule has 1 N–H and O–H groups in total. The molecular weight excluding hydrogens is 248 g/mol. The van der Waals surface area contributed by atoms with E-state index in [9.17, 15) is 9.59 Å². The van der Waals surface area contributed by atoms with Crippen LogP contribution in [0.15, 0.2) is 10.9 Å². The third-order valence-electron chi connectivity index (χ3n) is 3.22. The van der Waals surface area contributed by atoms with Crippen molar-refractivity contribution in [1.82, 2.24) is 20.4 Å². The number of hydrogen-bond donors (Lipinski definition) is 1. The van der Waals surface area contributed by atoms with E-state index in [0.29, 0.717) is 18.9 Å². The lowest BCUT2D eigenvalue weighted by Gasteiger charge is -2.39. The van der Waals surface area contributed by atoms with Crippen molar-refractivity contribution in [3.05, 3.63) is 12.2 Å². The second-order valence-corrected chi connectivity index (χ2v) is 5.04. The first kappa shape index (κ1) is 13.5. The molecule has 2 atom stereocenters. The van der Waals surface area contributed by atoms with E-state index in [2.05, 4.69) is 15.5 Å². The summed E-state index contributed by atoms with van der Waals surface area (Å²) in [6.07, 6.45) is 1.78. The minimum absolute atomic E-state index is 0.0548. The molecule has 2 heterocycles. The zero-order chi connectivity index (χ0) is 14.0. The van der Waals surface area contributed by atoms with Crippen LogP contribution in [0.1, 0.15) is 26.7 Å². The summed E-state index contributed by atoms with van der Waals surface area (Å²) in [5.74, 6) is 0.346. The van der Waals surface area contributed by atoms with E-state index in [1.165, 1.54) is 6.33 Å². The fourth-order valence-corrected chi connectivity index (χ4v) is 2.32. The molecule has 1 aliphatic rings. The van der Waals surface area contributed by atoms with Gasteiger partial charge in [-0.05, 0) is 12.8 Å². The zero-order valence-electron chi connectivity index (χ0n) is 11.3. The topological polar surface area (TPSA) is 88.3 Å². The monoisotopic (exact) mass is 266 g/mol. The summed E-state index contributed by atoms with van der Waals surface area (Å²) >= 11 is 0. The highest BCUT2D eigenvalue weighted by molar-refractivity contribution is 5.96. The molecule has 7 nitrogen and oxygen atoms in total. The van der Waals surface area contributed by atoms with Gasteiger partial charge in [-0.2, -0.15) is 4.98 Å². The summed E-state index contributed by atoms with van der Waals surface area (Å²) < 4.78 is 4.91. The predicted molar refractivity (Wildman–Crippen MR) is 65.9 cm³/mol. The molecule has 1 saturated heterocycles. The molecule has 0 aliphatic carbocycles. The van der Waals surface area contributed by atoms with E-state index in [-0.39, 0.29) is 17.7 Å². The number of carbonyl (C=O) groups excluding carboxylic acids is 2. The van der Waals surface area contributed by atoms with Gasteiger partial charge in [0.25, 0.3) is 0 Å². The Hall–Kier alpha value is -1.92. The molecule has 0 radical (unpaired) electrons. The van der Waals surface area contributed by atoms with Crippen LogP contribution in [0.2, 0.25) is 0 Å². The maximum absolute atomic E-state index is 12.2. The third kappa shape index (κ3) is 2.74. The van der Waals surface area contributed by atoms with Crippen molar-refractivity contribution in [2.24, 2.45) is 5.92 Å². The van der Waals surface area contributed by atoms with Crippen LogP contribution in [-0.4, -0.2) is 45.5 Å². The van der Waals surface area contributed by atoms with Crippen molar-refractivity contribution in [3.8, 4) is 0 Å². The first-order chi connectivity index (χ1) is 9.00. The molecule has 0 saturated carbocycles. The summed E-state index contributed by atoms with van der Waals surface area (Å²) in [5, 5.41) is 6.22. The van der Waals surface area contributed by atoms with Crippen LogP contribution in [0.25, 0.3) is 0 Å². The predicted octanol–water partition coefficient (Wildman–Crippen LogP) is -0.0164. The maximum Gasteiger partial charge on any atom is 0.245 e. The van der Waals surface area contributed by atoms with Gasteiger partial charge in [0.05, 0.1) is 0 Å². The summed E-state index contributed by atoms with van der Waals surface area (Å²) in [5.41, 5.74) is 0. The normalized spacial score (nSPS) is 23.9. The molecule has 1 aromatic rings. The van der Waals surface area contributed by atoms with Crippen molar-refractivity contribution >= 4 is 11.8 Å². The number of hydrogen-bond acceptors (Lipinski definition) is 5. The minimum atomic E-state index is -0.481. The standard InChI is InChI=1S/C12H18N4O3/c1-7(2)10-11(17)15-8(3)12(18)16(10)5-4-9-13-6-14-19-9/h6-8,10H,4-5H2,1-3H3,(H,15,17). The molecule has 1 aliphatic heterocycles. The zero-order valence-corrected chi connectivity index (χ0v) is 11.3. The van der Waals surface area contributed by atoms with Crippen molar-refractivity contribution in [2.75, 3.05) is 6.54 Å². The van der Waals surface area contributed by atoms with E-state index >= 15 is 0 Å². The smallest absolute Gasteiger partial charge is 0.245 e. The molecule has 2 amide bonds. The van der Waals surface area contributed by atoms with Gasteiger partial charge in [0.15, 0.2) is 6.33 Å². The molecule has 1 aromatic heterocycles. The average molecular weight is 266 g/mol. The molecular formula is C12H18N4O3. The summed E-state index contributed by atoms with van der Waals surface area (Å²) in [4.78, 5) is 29.7. The van der Waals surface area contributed by atoms with Gasteiger partial charge in [-0.1, -0.05) is 19.0 Å². The van der Waals surface area contributed by atoms with Gasteiger partial charge in [0.2, 0.25) is 17.7 Å². The molecule has 0 aromatic carbocycles. The van der Waals surface area contributed by atoms with Gasteiger partial charge >= 0.3 is 0 Å². The Bertz CT molecular complexity index is 458. The lowest BCUT2D eigenvalue weighted by Crippen LogP contribution is -2.64. The molecule has 19 heavy (non-hydrogen) atoms. The maximum atomic E-state index is 12.2. The highest BCUT2D eigenvalue weighted by Crippen LogP contribution is 2.17. The number of amides is 2. The van der Waals surface area contributed by atoms with Crippen molar-refractivity contribution in [2.45, 2.75) is 39.3 Å². The van der Waals surface area contributed by atoms with Gasteiger partial charge in [0.1, 0.15) is 12.1 Å². The van der Waals surface area contributed by atoms with E-state index < -0.39 is 12.1 Å². The number of nitrogens with zero attached hydrogens (tertiary/aromatic N) is 3. The van der Waals surface area contributed by atoms with Gasteiger partial charge in [-0.15, -0.1) is 0 Å². The lowest BCUT2D eigenvalue weighted by atomic mass is 9.97. The highest BCUT2D eigenvalue weighted by atomic mass is 16.5. The number of aromatic nitrogens is 2. The van der Waals surface area contributed by atoms with E-state index in [4.69, 9.17) is 4.52 Å². The molecule has 0 spiro atoms. The molecule has 7 heteroatoms. The van der Waals surface area contributed by atoms with Gasteiger partial charge < -0.3 is 14.7 Å². The SMILES string of the molecule is CC1NC(=O)C(C(C)C)N(CCc2ncno2)C1=O. The Balaban J connectivity index is 2.11. The Morgan fingerprint density at radius 3 is 2.79 bits per heavy atom. The minimum Gasteiger partial charge on any atom is -0.343 e. The first-order valence-corrected chi connectivity index (χ1v) is 6.37. The first-order valence-electron chi connectivity index (χ1n) is 6.37. The summed E-state index contributed by atoms with van der Waals surface area (Å²) in [6.45, 7) is 5.94. The molecule has 2 rings (SSSR count). The quantitative estimate of drug-likeness (QED) is 0.827. The number of rotatable bonds is 4. The molecule has 104 valence electrons. The fourth-order valence-electron chi connectivity index (χ4n) is 2.32. The second kappa shape index (κ2) is 5.38. The van der Waals surface area contributed by atoms with Gasteiger partial charge in [-0.25, -0.2) is 0 Å². The van der Waals surface area contributed by atoms with E-state index in [1.54, 1.807) is 11.8 Å². The van der Waals surface area contributed by atoms with Gasteiger partial charge in [-0.3, -0.25) is 9.59 Å². The van der Waals surface area contributed by atoms with Crippen LogP contribution >= 0.6 is 0 Å². The average Bonchev–Trinajstić information content (AvgIpc) is 2.84. The summed E-state index contributed by atoms with van der Waals surface area (Å²) in [6, 6.07) is -0.920. The number of nitrogens with one attached hydrogen (secondary N) is 1. The van der Waals surface area contributed by atoms with Crippen molar-refractivity contribution in [1.29, 1.82) is 0 Å². The second-order valence-electron chi connectivity index (χ2n) is 5.04. The Labute approximate surface area is 111 Å². The molecule has 1 fully saturated rings. The van der Waals surface area contributed by atoms with Crippen LogP contribution in [-0.2, 0) is 16.0 Å². The molecule has 0 bridgehead atoms. The Morgan fingerprint density at radius 2 is 2.21 bits per heavy atom. The van der Waals surface area contributed by atoms with Gasteiger partial charge in [0, 0.05) is 13.0 Å². The van der Waals surface area contributed by atoms with E-state index in [0.717, 1.165) is 0 Å². The van der Waals surface area contributed by atoms with E-state index in [1.807, 2.05) is 13.8 Å². The number of piperazine rings is 1. The fraction of sp³-hybridized carbons (Fsp3) is 0.667. The van der Waals surface area contributed by atoms with Crippen molar-refractivity contribution < 1.29 is 14.1 Å². The Kier molecular flexibility index (Phi) is 3.82. The Morgan fingerprint density at radius 1 is 1.47 bits per heavy atom. The van der Waals surface area contributed by atoms with Crippen LogP contribution in [0.4, 0.5) is 0 Å². The van der Waals surface area contributed by atoms with Crippen LogP contribution in [0, 0.1) is 5.92 Å². The largest absolute Gasteiger partial charge is 0.343 e. The molecule has 2 unspecified atom stereocenters. The van der Waals surface area contributed by atoms with Crippen LogP contribution < -0.4 is 5.32 Å². The highest BCUT2D eigenvalue weighted by Gasteiger charge is 2.39. The van der Waals surface area contributed by atoms with Crippen LogP contribution in [0.5, 0.6) is 0 Å². The lowest BCUT2D eigenvalue weighted by molar-refractivity contribution is -0.150. The summed E-state index contributed by atoms with van der Waals surface area (Å²) in [7, 11) is 0.